The first kappa shape index (κ1) is 18.1. The fourth-order valence-corrected chi connectivity index (χ4v) is 4.58. The Hall–Kier alpha value is -2.29. The number of carbonyl (C=O) groups is 1. The maximum Gasteiger partial charge on any atom is 0.225 e. The average molecular weight is 401 g/mol. The lowest BCUT2D eigenvalue weighted by Crippen LogP contribution is -2.36. The predicted molar refractivity (Wildman–Crippen MR) is 108 cm³/mol. The van der Waals surface area contributed by atoms with E-state index in [1.807, 2.05) is 35.7 Å². The van der Waals surface area contributed by atoms with Crippen molar-refractivity contribution in [1.29, 1.82) is 0 Å². The van der Waals surface area contributed by atoms with Crippen LogP contribution in [-0.2, 0) is 22.5 Å². The Bertz CT molecular complexity index is 875. The van der Waals surface area contributed by atoms with Gasteiger partial charge in [0, 0.05) is 28.9 Å². The Morgan fingerprint density at radius 1 is 1.22 bits per heavy atom. The quantitative estimate of drug-likeness (QED) is 0.689. The minimum absolute atomic E-state index is 0.0163. The SMILES string of the molecule is O=C(Cc1sc(N2CCOCC2)nc1-c1ccccc1)NCc1cscn1. The van der Waals surface area contributed by atoms with E-state index in [0.29, 0.717) is 26.2 Å². The van der Waals surface area contributed by atoms with Gasteiger partial charge in [-0.1, -0.05) is 30.3 Å². The molecular weight excluding hydrogens is 380 g/mol. The highest BCUT2D eigenvalue weighted by Crippen LogP contribution is 2.33. The van der Waals surface area contributed by atoms with E-state index >= 15 is 0 Å². The Morgan fingerprint density at radius 3 is 2.78 bits per heavy atom. The number of hydrogen-bond acceptors (Lipinski definition) is 7. The van der Waals surface area contributed by atoms with E-state index in [1.54, 1.807) is 16.8 Å². The van der Waals surface area contributed by atoms with Crippen LogP contribution in [0.4, 0.5) is 5.13 Å². The van der Waals surface area contributed by atoms with Crippen LogP contribution in [0.2, 0.25) is 0 Å². The molecule has 1 N–H and O–H groups in total. The van der Waals surface area contributed by atoms with Crippen molar-refractivity contribution in [3.8, 4) is 11.3 Å². The number of benzene rings is 1. The number of aromatic nitrogens is 2. The van der Waals surface area contributed by atoms with Crippen LogP contribution in [0.1, 0.15) is 10.6 Å². The number of nitrogens with zero attached hydrogens (tertiary/aromatic N) is 3. The van der Waals surface area contributed by atoms with Crippen molar-refractivity contribution < 1.29 is 9.53 Å². The molecule has 140 valence electrons. The van der Waals surface area contributed by atoms with Crippen molar-refractivity contribution in [3.63, 3.8) is 0 Å². The highest BCUT2D eigenvalue weighted by Gasteiger charge is 2.21. The monoisotopic (exact) mass is 400 g/mol. The third-order valence-corrected chi connectivity index (χ3v) is 6.04. The number of anilines is 1. The van der Waals surface area contributed by atoms with Gasteiger partial charge in [0.1, 0.15) is 0 Å². The summed E-state index contributed by atoms with van der Waals surface area (Å²) < 4.78 is 5.44. The average Bonchev–Trinajstić information content (AvgIpc) is 3.38. The highest BCUT2D eigenvalue weighted by molar-refractivity contribution is 7.16. The van der Waals surface area contributed by atoms with E-state index < -0.39 is 0 Å². The van der Waals surface area contributed by atoms with Crippen LogP contribution in [-0.4, -0.2) is 42.2 Å². The Morgan fingerprint density at radius 2 is 2.04 bits per heavy atom. The zero-order chi connectivity index (χ0) is 18.5. The summed E-state index contributed by atoms with van der Waals surface area (Å²) in [5.41, 5.74) is 4.59. The Labute approximate surface area is 165 Å². The molecule has 8 heteroatoms. The van der Waals surface area contributed by atoms with Gasteiger partial charge in [0.2, 0.25) is 5.91 Å². The second kappa shape index (κ2) is 8.60. The molecule has 0 bridgehead atoms. The van der Waals surface area contributed by atoms with Gasteiger partial charge in [-0.15, -0.1) is 22.7 Å². The first-order valence-electron chi connectivity index (χ1n) is 8.81. The van der Waals surface area contributed by atoms with E-state index in [-0.39, 0.29) is 5.91 Å². The largest absolute Gasteiger partial charge is 0.378 e. The molecule has 6 nitrogen and oxygen atoms in total. The van der Waals surface area contributed by atoms with Gasteiger partial charge in [-0.2, -0.15) is 0 Å². The van der Waals surface area contributed by atoms with Gasteiger partial charge in [-0.25, -0.2) is 9.97 Å². The number of rotatable bonds is 6. The molecule has 27 heavy (non-hydrogen) atoms. The number of ether oxygens (including phenoxy) is 1. The van der Waals surface area contributed by atoms with Crippen LogP contribution in [0.25, 0.3) is 11.3 Å². The lowest BCUT2D eigenvalue weighted by molar-refractivity contribution is -0.120. The predicted octanol–water partition coefficient (Wildman–Crippen LogP) is 2.96. The molecule has 1 aromatic carbocycles. The van der Waals surface area contributed by atoms with E-state index in [2.05, 4.69) is 15.2 Å². The second-order valence-electron chi connectivity index (χ2n) is 6.17. The summed E-state index contributed by atoms with van der Waals surface area (Å²) in [7, 11) is 0. The minimum atomic E-state index is -0.0163. The van der Waals surface area contributed by atoms with Crippen molar-refractivity contribution >= 4 is 33.7 Å². The molecular formula is C19H20N4O2S2. The summed E-state index contributed by atoms with van der Waals surface area (Å²) in [4.78, 5) is 24.8. The zero-order valence-electron chi connectivity index (χ0n) is 14.8. The van der Waals surface area contributed by atoms with Gasteiger partial charge in [0.15, 0.2) is 5.13 Å². The third-order valence-electron chi connectivity index (χ3n) is 4.29. The Balaban J connectivity index is 1.53. The van der Waals surface area contributed by atoms with Crippen molar-refractivity contribution in [2.24, 2.45) is 0 Å². The molecule has 1 aliphatic rings. The van der Waals surface area contributed by atoms with Crippen LogP contribution in [0.3, 0.4) is 0 Å². The summed E-state index contributed by atoms with van der Waals surface area (Å²) >= 11 is 3.13. The van der Waals surface area contributed by atoms with Crippen molar-refractivity contribution in [3.05, 3.63) is 51.8 Å². The van der Waals surface area contributed by atoms with Gasteiger partial charge in [-0.05, 0) is 0 Å². The number of amides is 1. The fourth-order valence-electron chi connectivity index (χ4n) is 2.89. The first-order chi connectivity index (χ1) is 13.3. The molecule has 0 unspecified atom stereocenters. The van der Waals surface area contributed by atoms with E-state index in [1.165, 1.54) is 11.3 Å². The molecule has 0 atom stereocenters. The smallest absolute Gasteiger partial charge is 0.225 e. The van der Waals surface area contributed by atoms with Crippen LogP contribution < -0.4 is 10.2 Å². The van der Waals surface area contributed by atoms with Crippen molar-refractivity contribution in [2.45, 2.75) is 13.0 Å². The Kier molecular flexibility index (Phi) is 5.76. The molecule has 1 fully saturated rings. The maximum absolute atomic E-state index is 12.5. The molecule has 3 heterocycles. The number of nitrogens with one attached hydrogen (secondary N) is 1. The van der Waals surface area contributed by atoms with E-state index in [4.69, 9.17) is 9.72 Å². The maximum atomic E-state index is 12.5. The highest BCUT2D eigenvalue weighted by atomic mass is 32.1. The summed E-state index contributed by atoms with van der Waals surface area (Å²) in [5, 5.41) is 5.85. The normalized spacial score (nSPS) is 14.3. The molecule has 1 aliphatic heterocycles. The van der Waals surface area contributed by atoms with Gasteiger partial charge < -0.3 is 15.0 Å². The molecule has 2 aromatic heterocycles. The van der Waals surface area contributed by atoms with Gasteiger partial charge in [-0.3, -0.25) is 4.79 Å². The molecule has 0 saturated carbocycles. The van der Waals surface area contributed by atoms with Crippen molar-refractivity contribution in [1.82, 2.24) is 15.3 Å². The van der Waals surface area contributed by atoms with E-state index in [0.717, 1.165) is 40.0 Å². The molecule has 1 saturated heterocycles. The number of carbonyl (C=O) groups excluding carboxylic acids is 1. The number of thiazole rings is 2. The van der Waals surface area contributed by atoms with Crippen LogP contribution >= 0.6 is 22.7 Å². The molecule has 0 spiro atoms. The molecule has 3 aromatic rings. The van der Waals surface area contributed by atoms with Gasteiger partial charge >= 0.3 is 0 Å². The van der Waals surface area contributed by atoms with Gasteiger partial charge in [0.05, 0.1) is 43.1 Å². The van der Waals surface area contributed by atoms with Crippen LogP contribution in [0.15, 0.2) is 41.2 Å². The first-order valence-corrected chi connectivity index (χ1v) is 10.6. The van der Waals surface area contributed by atoms with Crippen LogP contribution in [0, 0.1) is 0 Å². The summed E-state index contributed by atoms with van der Waals surface area (Å²) in [6.07, 6.45) is 0.316. The molecule has 0 radical (unpaired) electrons. The fraction of sp³-hybridized carbons (Fsp3) is 0.316. The standard InChI is InChI=1S/C19H20N4O2S2/c24-17(20-11-15-12-26-13-21-15)10-16-18(14-4-2-1-3-5-14)22-19(27-16)23-6-8-25-9-7-23/h1-5,12-13H,6-11H2,(H,20,24). The molecule has 0 aliphatic carbocycles. The zero-order valence-corrected chi connectivity index (χ0v) is 16.4. The lowest BCUT2D eigenvalue weighted by atomic mass is 10.1. The van der Waals surface area contributed by atoms with Crippen LogP contribution in [0.5, 0.6) is 0 Å². The molecule has 1 amide bonds. The lowest BCUT2D eigenvalue weighted by Gasteiger charge is -2.26. The molecule has 4 rings (SSSR count). The van der Waals surface area contributed by atoms with E-state index in [9.17, 15) is 4.79 Å². The second-order valence-corrected chi connectivity index (χ2v) is 7.95. The number of hydrogen-bond donors (Lipinski definition) is 1. The number of morpholine rings is 1. The summed E-state index contributed by atoms with van der Waals surface area (Å²) in [6, 6.07) is 10.0. The van der Waals surface area contributed by atoms with Crippen molar-refractivity contribution in [2.75, 3.05) is 31.2 Å². The summed E-state index contributed by atoms with van der Waals surface area (Å²) in [6.45, 7) is 3.54. The summed E-state index contributed by atoms with van der Waals surface area (Å²) in [5.74, 6) is -0.0163. The minimum Gasteiger partial charge on any atom is -0.378 e. The topological polar surface area (TPSA) is 67.4 Å². The third kappa shape index (κ3) is 4.52. The van der Waals surface area contributed by atoms with Gasteiger partial charge in [0.25, 0.3) is 0 Å².